The molecule has 2 aromatic rings. The number of rotatable bonds is 5. The zero-order valence-electron chi connectivity index (χ0n) is 11.4. The molecule has 0 aliphatic heterocycles. The van der Waals surface area contributed by atoms with Crippen molar-refractivity contribution in [3.63, 3.8) is 0 Å². The lowest BCUT2D eigenvalue weighted by atomic mass is 10.1. The van der Waals surface area contributed by atoms with E-state index in [0.717, 1.165) is 18.8 Å². The molecule has 4 nitrogen and oxygen atoms in total. The number of thiophene rings is 1. The van der Waals surface area contributed by atoms with Gasteiger partial charge in [0.25, 0.3) is 0 Å². The van der Waals surface area contributed by atoms with Gasteiger partial charge in [0, 0.05) is 35.8 Å². The van der Waals surface area contributed by atoms with E-state index in [4.69, 9.17) is 0 Å². The predicted octanol–water partition coefficient (Wildman–Crippen LogP) is 2.39. The lowest BCUT2D eigenvalue weighted by Gasteiger charge is -2.13. The van der Waals surface area contributed by atoms with Gasteiger partial charge in [-0.1, -0.05) is 0 Å². The number of hydrogen-bond acceptors (Lipinski definition) is 4. The third-order valence-corrected chi connectivity index (χ3v) is 4.13. The van der Waals surface area contributed by atoms with Crippen LogP contribution in [-0.2, 0) is 13.5 Å². The van der Waals surface area contributed by atoms with Crippen LogP contribution in [0, 0.1) is 13.8 Å². The lowest BCUT2D eigenvalue weighted by Crippen LogP contribution is -2.22. The second-order valence-corrected chi connectivity index (χ2v) is 6.11. The highest BCUT2D eigenvalue weighted by Crippen LogP contribution is 2.25. The van der Waals surface area contributed by atoms with E-state index in [2.05, 4.69) is 42.4 Å². The Morgan fingerprint density at radius 1 is 1.44 bits per heavy atom. The quantitative estimate of drug-likeness (QED) is 0.901. The number of nitrogens with one attached hydrogen (secondary N) is 1. The molecule has 1 unspecified atom stereocenters. The maximum absolute atomic E-state index is 4.08. The molecule has 98 valence electrons. The van der Waals surface area contributed by atoms with Crippen molar-refractivity contribution >= 4 is 11.3 Å². The van der Waals surface area contributed by atoms with Crippen LogP contribution in [-0.4, -0.2) is 21.3 Å². The molecule has 2 rings (SSSR count). The van der Waals surface area contributed by atoms with Crippen molar-refractivity contribution < 1.29 is 0 Å². The Morgan fingerprint density at radius 3 is 2.78 bits per heavy atom. The van der Waals surface area contributed by atoms with Crippen molar-refractivity contribution in [3.05, 3.63) is 33.5 Å². The van der Waals surface area contributed by atoms with Gasteiger partial charge in [-0.15, -0.1) is 21.5 Å². The molecule has 2 heterocycles. The second kappa shape index (κ2) is 5.63. The fraction of sp³-hybridized carbons (Fsp3) is 0.538. The molecule has 0 amide bonds. The summed E-state index contributed by atoms with van der Waals surface area (Å²) in [6.45, 7) is 7.48. The summed E-state index contributed by atoms with van der Waals surface area (Å²) in [7, 11) is 1.98. The zero-order valence-corrected chi connectivity index (χ0v) is 12.2. The number of aromatic nitrogens is 3. The first kappa shape index (κ1) is 13.2. The van der Waals surface area contributed by atoms with E-state index < -0.39 is 0 Å². The summed E-state index contributed by atoms with van der Waals surface area (Å²) in [6, 6.07) is 2.67. The van der Waals surface area contributed by atoms with E-state index in [9.17, 15) is 0 Å². The first-order valence-corrected chi connectivity index (χ1v) is 7.02. The molecule has 0 aliphatic rings. The minimum Gasteiger partial charge on any atom is -0.321 e. The fourth-order valence-electron chi connectivity index (χ4n) is 2.12. The Morgan fingerprint density at radius 2 is 2.22 bits per heavy atom. The number of nitrogens with zero attached hydrogens (tertiary/aromatic N) is 3. The molecule has 0 aromatic carbocycles. The average Bonchev–Trinajstić information content (AvgIpc) is 2.85. The van der Waals surface area contributed by atoms with Crippen molar-refractivity contribution in [2.45, 2.75) is 33.2 Å². The van der Waals surface area contributed by atoms with E-state index in [1.807, 2.05) is 23.0 Å². The van der Waals surface area contributed by atoms with Crippen LogP contribution in [0.3, 0.4) is 0 Å². The molecular weight excluding hydrogens is 244 g/mol. The molecular formula is C13H20N4S. The molecule has 1 N–H and O–H groups in total. The Kier molecular flexibility index (Phi) is 4.14. The Labute approximate surface area is 112 Å². The van der Waals surface area contributed by atoms with Crippen molar-refractivity contribution in [2.24, 2.45) is 7.05 Å². The van der Waals surface area contributed by atoms with Crippen LogP contribution in [0.4, 0.5) is 0 Å². The second-order valence-electron chi connectivity index (χ2n) is 4.65. The smallest absolute Gasteiger partial charge is 0.133 e. The topological polar surface area (TPSA) is 42.7 Å². The van der Waals surface area contributed by atoms with Gasteiger partial charge in [-0.3, -0.25) is 0 Å². The summed E-state index contributed by atoms with van der Waals surface area (Å²) in [5, 5.41) is 11.5. The van der Waals surface area contributed by atoms with Crippen molar-refractivity contribution in [3.8, 4) is 0 Å². The van der Waals surface area contributed by atoms with Gasteiger partial charge in [0.1, 0.15) is 12.2 Å². The Balaban J connectivity index is 1.87. The van der Waals surface area contributed by atoms with Crippen molar-refractivity contribution in [1.29, 1.82) is 0 Å². The fourth-order valence-corrected chi connectivity index (χ4v) is 3.15. The molecule has 2 aromatic heterocycles. The van der Waals surface area contributed by atoms with Crippen molar-refractivity contribution in [2.75, 3.05) is 6.54 Å². The summed E-state index contributed by atoms with van der Waals surface area (Å²) in [4.78, 5) is 2.79. The van der Waals surface area contributed by atoms with Gasteiger partial charge in [-0.25, -0.2) is 0 Å². The highest BCUT2D eigenvalue weighted by atomic mass is 32.1. The van der Waals surface area contributed by atoms with Gasteiger partial charge in [0.15, 0.2) is 0 Å². The maximum atomic E-state index is 4.08. The number of aryl methyl sites for hydroxylation is 3. The molecule has 0 saturated heterocycles. The third kappa shape index (κ3) is 2.97. The largest absolute Gasteiger partial charge is 0.321 e. The minimum absolute atomic E-state index is 0.392. The van der Waals surface area contributed by atoms with Gasteiger partial charge < -0.3 is 9.88 Å². The van der Waals surface area contributed by atoms with E-state index in [0.29, 0.717) is 6.04 Å². The van der Waals surface area contributed by atoms with Crippen LogP contribution in [0.25, 0.3) is 0 Å². The Hall–Kier alpha value is -1.20. The molecule has 0 radical (unpaired) electrons. The summed E-state index contributed by atoms with van der Waals surface area (Å²) in [6.07, 6.45) is 2.65. The van der Waals surface area contributed by atoms with Crippen LogP contribution in [0.2, 0.25) is 0 Å². The standard InChI is InChI=1S/C13H20N4S/c1-9-7-12(11(3)18-9)10(2)14-6-5-13-16-15-8-17(13)4/h7-8,10,14H,5-6H2,1-4H3. The summed E-state index contributed by atoms with van der Waals surface area (Å²) < 4.78 is 1.96. The highest BCUT2D eigenvalue weighted by Gasteiger charge is 2.10. The SMILES string of the molecule is Cc1cc(C(C)NCCc2nncn2C)c(C)s1. The van der Waals surface area contributed by atoms with Gasteiger partial charge in [0.05, 0.1) is 0 Å². The first-order valence-electron chi connectivity index (χ1n) is 6.21. The Bertz CT molecular complexity index is 515. The monoisotopic (exact) mass is 264 g/mol. The van der Waals surface area contributed by atoms with Gasteiger partial charge in [0.2, 0.25) is 0 Å². The molecule has 0 saturated carbocycles. The summed E-state index contributed by atoms with van der Waals surface area (Å²) in [5.74, 6) is 1.02. The first-order chi connectivity index (χ1) is 8.58. The van der Waals surface area contributed by atoms with E-state index in [1.54, 1.807) is 6.33 Å². The molecule has 18 heavy (non-hydrogen) atoms. The lowest BCUT2D eigenvalue weighted by molar-refractivity contribution is 0.564. The predicted molar refractivity (Wildman–Crippen MR) is 74.9 cm³/mol. The van der Waals surface area contributed by atoms with E-state index in [-0.39, 0.29) is 0 Å². The van der Waals surface area contributed by atoms with Gasteiger partial charge in [-0.05, 0) is 32.4 Å². The summed E-state index contributed by atoms with van der Waals surface area (Å²) in [5.41, 5.74) is 1.41. The van der Waals surface area contributed by atoms with Crippen LogP contribution in [0.1, 0.15) is 34.1 Å². The molecule has 0 aliphatic carbocycles. The van der Waals surface area contributed by atoms with Gasteiger partial charge >= 0.3 is 0 Å². The zero-order chi connectivity index (χ0) is 13.1. The van der Waals surface area contributed by atoms with Gasteiger partial charge in [-0.2, -0.15) is 0 Å². The molecule has 0 spiro atoms. The van der Waals surface area contributed by atoms with Crippen LogP contribution in [0.15, 0.2) is 12.4 Å². The molecule has 0 bridgehead atoms. The molecule has 0 fully saturated rings. The van der Waals surface area contributed by atoms with Crippen LogP contribution >= 0.6 is 11.3 Å². The summed E-state index contributed by atoms with van der Waals surface area (Å²) >= 11 is 1.86. The third-order valence-electron chi connectivity index (χ3n) is 3.15. The minimum atomic E-state index is 0.392. The maximum Gasteiger partial charge on any atom is 0.133 e. The molecule has 1 atom stereocenters. The van der Waals surface area contributed by atoms with E-state index in [1.165, 1.54) is 15.3 Å². The molecule has 5 heteroatoms. The van der Waals surface area contributed by atoms with Crippen LogP contribution < -0.4 is 5.32 Å². The van der Waals surface area contributed by atoms with E-state index >= 15 is 0 Å². The number of hydrogen-bond donors (Lipinski definition) is 1. The normalized spacial score (nSPS) is 12.9. The van der Waals surface area contributed by atoms with Crippen LogP contribution in [0.5, 0.6) is 0 Å². The van der Waals surface area contributed by atoms with Crippen molar-refractivity contribution in [1.82, 2.24) is 20.1 Å². The highest BCUT2D eigenvalue weighted by molar-refractivity contribution is 7.12. The average molecular weight is 264 g/mol.